The van der Waals surface area contributed by atoms with Crippen molar-refractivity contribution in [2.45, 2.75) is 6.42 Å². The fraction of sp³-hybridized carbons (Fsp3) is 0.300. The van der Waals surface area contributed by atoms with Crippen molar-refractivity contribution < 1.29 is 9.59 Å². The van der Waals surface area contributed by atoms with Crippen LogP contribution in [-0.4, -0.2) is 43.4 Å². The first kappa shape index (κ1) is 19.9. The molecule has 0 aliphatic carbocycles. The number of likely N-dealkylation sites (tertiary alicyclic amines) is 1. The zero-order valence-corrected chi connectivity index (χ0v) is 15.6. The summed E-state index contributed by atoms with van der Waals surface area (Å²) < 4.78 is 0. The molecule has 1 heterocycles. The molecule has 6 heteroatoms. The van der Waals surface area contributed by atoms with E-state index in [9.17, 15) is 9.59 Å². The maximum absolute atomic E-state index is 12.9. The van der Waals surface area contributed by atoms with Gasteiger partial charge in [-0.25, -0.2) is 0 Å². The maximum atomic E-state index is 12.9. The van der Waals surface area contributed by atoms with Gasteiger partial charge in [-0.1, -0.05) is 30.3 Å². The van der Waals surface area contributed by atoms with E-state index in [1.807, 2.05) is 42.3 Å². The SMILES string of the molecule is CNCC1CCN(C(=O)c2ccccc2NC(=O)c2ccccc2)C1.Cl. The number of rotatable bonds is 5. The highest BCUT2D eigenvalue weighted by Gasteiger charge is 2.27. The Balaban J connectivity index is 0.00000243. The smallest absolute Gasteiger partial charge is 0.255 e. The third kappa shape index (κ3) is 4.62. The summed E-state index contributed by atoms with van der Waals surface area (Å²) in [6.07, 6.45) is 1.01. The molecule has 5 nitrogen and oxygen atoms in total. The summed E-state index contributed by atoms with van der Waals surface area (Å²) in [6, 6.07) is 16.2. The number of carbonyl (C=O) groups excluding carboxylic acids is 2. The average molecular weight is 374 g/mol. The lowest BCUT2D eigenvalue weighted by atomic mass is 10.1. The Bertz CT molecular complexity index is 752. The highest BCUT2D eigenvalue weighted by molar-refractivity contribution is 6.09. The molecule has 0 bridgehead atoms. The predicted octanol–water partition coefficient (Wildman–Crippen LogP) is 3.04. The Kier molecular flexibility index (Phi) is 7.18. The van der Waals surface area contributed by atoms with E-state index < -0.39 is 0 Å². The molecular formula is C20H24ClN3O2. The Morgan fingerprint density at radius 3 is 2.50 bits per heavy atom. The van der Waals surface area contributed by atoms with E-state index in [-0.39, 0.29) is 24.2 Å². The number of hydrogen-bond acceptors (Lipinski definition) is 3. The van der Waals surface area contributed by atoms with Gasteiger partial charge >= 0.3 is 0 Å². The lowest BCUT2D eigenvalue weighted by Crippen LogP contribution is -2.31. The van der Waals surface area contributed by atoms with Crippen molar-refractivity contribution in [2.75, 3.05) is 32.0 Å². The summed E-state index contributed by atoms with van der Waals surface area (Å²) in [5, 5.41) is 6.04. The second-order valence-electron chi connectivity index (χ2n) is 6.33. The number of halogens is 1. The molecule has 0 spiro atoms. The highest BCUT2D eigenvalue weighted by atomic mass is 35.5. The average Bonchev–Trinajstić information content (AvgIpc) is 3.11. The Morgan fingerprint density at radius 1 is 1.08 bits per heavy atom. The van der Waals surface area contributed by atoms with E-state index in [1.54, 1.807) is 24.3 Å². The van der Waals surface area contributed by atoms with Crippen LogP contribution in [0, 0.1) is 5.92 Å². The van der Waals surface area contributed by atoms with E-state index in [4.69, 9.17) is 0 Å². The van der Waals surface area contributed by atoms with Crippen molar-refractivity contribution in [3.8, 4) is 0 Å². The van der Waals surface area contributed by atoms with E-state index >= 15 is 0 Å². The summed E-state index contributed by atoms with van der Waals surface area (Å²) in [7, 11) is 1.93. The number of anilines is 1. The Morgan fingerprint density at radius 2 is 1.77 bits per heavy atom. The summed E-state index contributed by atoms with van der Waals surface area (Å²) in [6.45, 7) is 2.42. The molecule has 0 saturated carbocycles. The number of nitrogens with zero attached hydrogens (tertiary/aromatic N) is 1. The molecule has 1 aliphatic heterocycles. The van der Waals surface area contributed by atoms with Gasteiger partial charge in [0.25, 0.3) is 11.8 Å². The molecule has 138 valence electrons. The third-order valence-corrected chi connectivity index (χ3v) is 4.51. The van der Waals surface area contributed by atoms with Crippen LogP contribution in [0.1, 0.15) is 27.1 Å². The predicted molar refractivity (Wildman–Crippen MR) is 106 cm³/mol. The molecule has 1 fully saturated rings. The number of carbonyl (C=O) groups is 2. The Hall–Kier alpha value is -2.37. The fourth-order valence-electron chi connectivity index (χ4n) is 3.21. The summed E-state index contributed by atoms with van der Waals surface area (Å²) in [4.78, 5) is 27.2. The van der Waals surface area contributed by atoms with Crippen LogP contribution in [-0.2, 0) is 0 Å². The molecule has 2 N–H and O–H groups in total. The van der Waals surface area contributed by atoms with Crippen molar-refractivity contribution in [1.29, 1.82) is 0 Å². The second-order valence-corrected chi connectivity index (χ2v) is 6.33. The van der Waals surface area contributed by atoms with Crippen molar-refractivity contribution in [3.63, 3.8) is 0 Å². The van der Waals surface area contributed by atoms with Gasteiger partial charge in [-0.3, -0.25) is 9.59 Å². The molecule has 2 aromatic rings. The third-order valence-electron chi connectivity index (χ3n) is 4.51. The maximum Gasteiger partial charge on any atom is 0.255 e. The van der Waals surface area contributed by atoms with Gasteiger partial charge < -0.3 is 15.5 Å². The number of hydrogen-bond donors (Lipinski definition) is 2. The molecular weight excluding hydrogens is 350 g/mol. The molecule has 26 heavy (non-hydrogen) atoms. The number of amides is 2. The van der Waals surface area contributed by atoms with E-state index in [0.717, 1.165) is 26.1 Å². The van der Waals surface area contributed by atoms with Gasteiger partial charge in [0, 0.05) is 18.7 Å². The zero-order chi connectivity index (χ0) is 17.6. The summed E-state index contributed by atoms with van der Waals surface area (Å²) in [5.74, 6) is 0.248. The first-order valence-electron chi connectivity index (χ1n) is 8.58. The molecule has 1 saturated heterocycles. The number of benzene rings is 2. The molecule has 3 rings (SSSR count). The first-order valence-corrected chi connectivity index (χ1v) is 8.58. The fourth-order valence-corrected chi connectivity index (χ4v) is 3.21. The van der Waals surface area contributed by atoms with Crippen LogP contribution in [0.3, 0.4) is 0 Å². The summed E-state index contributed by atoms with van der Waals surface area (Å²) in [5.41, 5.74) is 1.66. The van der Waals surface area contributed by atoms with Gasteiger partial charge in [-0.15, -0.1) is 12.4 Å². The lowest BCUT2D eigenvalue weighted by molar-refractivity contribution is 0.0788. The van der Waals surface area contributed by atoms with Crippen molar-refractivity contribution in [1.82, 2.24) is 10.2 Å². The van der Waals surface area contributed by atoms with Crippen LogP contribution >= 0.6 is 12.4 Å². The molecule has 2 aromatic carbocycles. The molecule has 2 amide bonds. The van der Waals surface area contributed by atoms with Gasteiger partial charge in [0.05, 0.1) is 11.3 Å². The van der Waals surface area contributed by atoms with Crippen LogP contribution in [0.2, 0.25) is 0 Å². The van der Waals surface area contributed by atoms with E-state index in [0.29, 0.717) is 22.7 Å². The van der Waals surface area contributed by atoms with Gasteiger partial charge in [0.2, 0.25) is 0 Å². The highest BCUT2D eigenvalue weighted by Crippen LogP contribution is 2.23. The minimum absolute atomic E-state index is 0. The van der Waals surface area contributed by atoms with Crippen LogP contribution < -0.4 is 10.6 Å². The van der Waals surface area contributed by atoms with Gasteiger partial charge in [-0.2, -0.15) is 0 Å². The van der Waals surface area contributed by atoms with Crippen molar-refractivity contribution in [2.24, 2.45) is 5.92 Å². The van der Waals surface area contributed by atoms with Gasteiger partial charge in [-0.05, 0) is 50.2 Å². The van der Waals surface area contributed by atoms with Crippen LogP contribution in [0.5, 0.6) is 0 Å². The molecule has 1 atom stereocenters. The monoisotopic (exact) mass is 373 g/mol. The van der Waals surface area contributed by atoms with Gasteiger partial charge in [0.1, 0.15) is 0 Å². The van der Waals surface area contributed by atoms with Crippen molar-refractivity contribution >= 4 is 29.9 Å². The Labute approximate surface area is 160 Å². The minimum atomic E-state index is -0.213. The van der Waals surface area contributed by atoms with E-state index in [2.05, 4.69) is 10.6 Å². The van der Waals surface area contributed by atoms with Crippen LogP contribution in [0.4, 0.5) is 5.69 Å². The number of para-hydroxylation sites is 1. The van der Waals surface area contributed by atoms with Crippen LogP contribution in [0.25, 0.3) is 0 Å². The van der Waals surface area contributed by atoms with E-state index in [1.165, 1.54) is 0 Å². The zero-order valence-electron chi connectivity index (χ0n) is 14.8. The molecule has 1 unspecified atom stereocenters. The number of nitrogens with one attached hydrogen (secondary N) is 2. The normalized spacial score (nSPS) is 16.0. The molecule has 1 aliphatic rings. The minimum Gasteiger partial charge on any atom is -0.338 e. The summed E-state index contributed by atoms with van der Waals surface area (Å²) >= 11 is 0. The standard InChI is InChI=1S/C20H23N3O2.ClH/c1-21-13-15-11-12-23(14-15)20(25)17-9-5-6-10-18(17)22-19(24)16-7-3-2-4-8-16;/h2-10,15,21H,11-14H2,1H3,(H,22,24);1H. The van der Waals surface area contributed by atoms with Gasteiger partial charge in [0.15, 0.2) is 0 Å². The lowest BCUT2D eigenvalue weighted by Gasteiger charge is -2.19. The first-order chi connectivity index (χ1) is 12.2. The largest absolute Gasteiger partial charge is 0.338 e. The topological polar surface area (TPSA) is 61.4 Å². The molecule has 0 aromatic heterocycles. The van der Waals surface area contributed by atoms with Crippen molar-refractivity contribution in [3.05, 3.63) is 65.7 Å². The quantitative estimate of drug-likeness (QED) is 0.846. The van der Waals surface area contributed by atoms with Crippen LogP contribution in [0.15, 0.2) is 54.6 Å². The second kappa shape index (κ2) is 9.36. The molecule has 0 radical (unpaired) electrons.